The molecule has 1 aromatic heterocycles. The lowest BCUT2D eigenvalue weighted by atomic mass is 9.80. The van der Waals surface area contributed by atoms with Crippen molar-refractivity contribution in [1.29, 1.82) is 5.26 Å². The van der Waals surface area contributed by atoms with Crippen LogP contribution in [0.25, 0.3) is 0 Å². The van der Waals surface area contributed by atoms with Crippen molar-refractivity contribution in [3.8, 4) is 17.6 Å². The van der Waals surface area contributed by atoms with Gasteiger partial charge in [-0.1, -0.05) is 54.6 Å². The van der Waals surface area contributed by atoms with E-state index in [0.717, 1.165) is 16.7 Å². The average Bonchev–Trinajstić information content (AvgIpc) is 3.59. The van der Waals surface area contributed by atoms with Crippen molar-refractivity contribution in [2.24, 2.45) is 0 Å². The first-order valence-electron chi connectivity index (χ1n) is 20.6. The number of rotatable bonds is 18. The molecule has 2 aliphatic heterocycles. The number of methoxy groups -OCH3 is 2. The fourth-order valence-corrected chi connectivity index (χ4v) is 11.0. The first-order valence-corrected chi connectivity index (χ1v) is 23.9. The average molecular weight is 924 g/mol. The highest BCUT2D eigenvalue weighted by molar-refractivity contribution is 7.91. The lowest BCUT2D eigenvalue weighted by molar-refractivity contribution is -0.0944. The molecule has 4 aromatic rings. The van der Waals surface area contributed by atoms with E-state index in [9.17, 15) is 23.3 Å². The summed E-state index contributed by atoms with van der Waals surface area (Å²) in [5, 5.41) is 9.47. The van der Waals surface area contributed by atoms with Gasteiger partial charge in [-0.05, 0) is 80.9 Å². The lowest BCUT2D eigenvalue weighted by Crippen LogP contribution is -2.48. The predicted octanol–water partition coefficient (Wildman–Crippen LogP) is 5.52. The number of ether oxygens (including phenoxy) is 5. The molecule has 63 heavy (non-hydrogen) atoms. The number of hydrogen-bond donors (Lipinski definition) is 1. The third-order valence-electron chi connectivity index (χ3n) is 10.8. The standard InChI is InChI=1S/C44H54N5O11PS2/c1-30(2)49(31(3)4)61(57-26-10-22-45)60-39-37(58-41(48-23-21-38(50)46-42(48)51)40(39)59-43(62)47-24-27-63(52,53)28-25-47)29-56-44(32-11-8-7-9-12-32,33-13-17-35(54-5)18-14-33)34-15-19-36(55-6)20-16-34/h7-9,11-21,23,30-31,37,39-41H,10,24-29H2,1-6H3,(H,46,50,51)/t37-,39?,40+,41-,61?/m1/s1. The SMILES string of the molecule is COc1ccc(C(OC[C@H]2O[C@@H](n3ccc(=O)[nH]c3=O)[C@@H](OC(=S)N3CCS(=O)(=O)CC3)C2OP(OCCC#N)N(C(C)C)C(C)C)(c2ccccc2)c2ccc(OC)cc2)cc1. The van der Waals surface area contributed by atoms with Crippen LogP contribution in [0, 0.1) is 11.3 Å². The summed E-state index contributed by atoms with van der Waals surface area (Å²) in [5.74, 6) is 1.05. The van der Waals surface area contributed by atoms with E-state index in [4.69, 9.17) is 44.9 Å². The van der Waals surface area contributed by atoms with Crippen molar-refractivity contribution in [2.45, 2.75) is 76.3 Å². The van der Waals surface area contributed by atoms with E-state index in [-0.39, 0.29) is 61.5 Å². The Morgan fingerprint density at radius 1 is 0.905 bits per heavy atom. The van der Waals surface area contributed by atoms with E-state index in [1.807, 2.05) is 107 Å². The van der Waals surface area contributed by atoms with Gasteiger partial charge in [0.1, 0.15) is 29.3 Å². The van der Waals surface area contributed by atoms with Gasteiger partial charge in [0.05, 0.1) is 51.4 Å². The number of hydrogen-bond acceptors (Lipinski definition) is 14. The summed E-state index contributed by atoms with van der Waals surface area (Å²) in [7, 11) is -2.04. The second-order valence-corrected chi connectivity index (χ2v) is 19.6. The first-order chi connectivity index (χ1) is 30.2. The zero-order valence-electron chi connectivity index (χ0n) is 36.1. The molecule has 1 N–H and O–H groups in total. The summed E-state index contributed by atoms with van der Waals surface area (Å²) in [6.45, 7) is 8.10. The summed E-state index contributed by atoms with van der Waals surface area (Å²) in [6, 6.07) is 28.0. The van der Waals surface area contributed by atoms with Crippen LogP contribution in [0.15, 0.2) is 101 Å². The Labute approximate surface area is 374 Å². The van der Waals surface area contributed by atoms with E-state index in [2.05, 4.69) is 15.7 Å². The molecule has 0 spiro atoms. The third-order valence-corrected chi connectivity index (χ3v) is 14.9. The number of sulfone groups is 1. The topological polar surface area (TPSA) is 184 Å². The third kappa shape index (κ3) is 11.2. The van der Waals surface area contributed by atoms with Gasteiger partial charge < -0.3 is 37.6 Å². The Bertz CT molecular complexity index is 2340. The highest BCUT2D eigenvalue weighted by Gasteiger charge is 2.53. The van der Waals surface area contributed by atoms with Crippen molar-refractivity contribution in [1.82, 2.24) is 19.1 Å². The summed E-state index contributed by atoms with van der Waals surface area (Å²) < 4.78 is 73.4. The maximum absolute atomic E-state index is 13.6. The van der Waals surface area contributed by atoms with Gasteiger partial charge in [-0.25, -0.2) is 17.9 Å². The molecule has 0 radical (unpaired) electrons. The maximum Gasteiger partial charge on any atom is 0.330 e. The van der Waals surface area contributed by atoms with Gasteiger partial charge in [0, 0.05) is 37.4 Å². The van der Waals surface area contributed by atoms with E-state index >= 15 is 0 Å². The van der Waals surface area contributed by atoms with Crippen molar-refractivity contribution < 1.29 is 41.1 Å². The molecule has 338 valence electrons. The van der Waals surface area contributed by atoms with Gasteiger partial charge in [0.2, 0.25) is 0 Å². The molecule has 0 amide bonds. The molecule has 2 saturated heterocycles. The van der Waals surface area contributed by atoms with Gasteiger partial charge in [0.15, 0.2) is 22.2 Å². The maximum atomic E-state index is 13.6. The van der Waals surface area contributed by atoms with Crippen LogP contribution in [-0.4, -0.2) is 115 Å². The summed E-state index contributed by atoms with van der Waals surface area (Å²) in [5.41, 5.74) is -0.386. The summed E-state index contributed by atoms with van der Waals surface area (Å²) in [4.78, 5) is 29.9. The number of nitrogens with one attached hydrogen (secondary N) is 1. The van der Waals surface area contributed by atoms with Crippen LogP contribution in [0.5, 0.6) is 11.5 Å². The lowest BCUT2D eigenvalue weighted by Gasteiger charge is -2.39. The van der Waals surface area contributed by atoms with Crippen LogP contribution in [0.4, 0.5) is 0 Å². The molecule has 2 aliphatic rings. The summed E-state index contributed by atoms with van der Waals surface area (Å²) in [6.07, 6.45) is -3.15. The van der Waals surface area contributed by atoms with Crippen molar-refractivity contribution in [2.75, 3.05) is 52.0 Å². The molecule has 0 saturated carbocycles. The van der Waals surface area contributed by atoms with Crippen LogP contribution in [0.3, 0.4) is 0 Å². The number of benzene rings is 3. The fraction of sp³-hybridized carbons (Fsp3) is 0.455. The molecular weight excluding hydrogens is 870 g/mol. The Kier molecular flexibility index (Phi) is 16.2. The van der Waals surface area contributed by atoms with E-state index < -0.39 is 59.8 Å². The van der Waals surface area contributed by atoms with Gasteiger partial charge in [-0.15, -0.1) is 0 Å². The number of nitrogens with zero attached hydrogens (tertiary/aromatic N) is 4. The van der Waals surface area contributed by atoms with E-state index in [0.29, 0.717) is 11.5 Å². The number of aromatic nitrogens is 2. The van der Waals surface area contributed by atoms with E-state index in [1.54, 1.807) is 19.1 Å². The summed E-state index contributed by atoms with van der Waals surface area (Å²) >= 11 is 5.85. The molecule has 2 fully saturated rings. The minimum atomic E-state index is -3.27. The fourth-order valence-electron chi connectivity index (χ4n) is 7.71. The van der Waals surface area contributed by atoms with Gasteiger partial charge >= 0.3 is 5.69 Å². The minimum absolute atomic E-state index is 0.0226. The van der Waals surface area contributed by atoms with Crippen LogP contribution in [0.1, 0.15) is 57.0 Å². The van der Waals surface area contributed by atoms with Crippen LogP contribution in [0.2, 0.25) is 0 Å². The molecule has 0 aliphatic carbocycles. The van der Waals surface area contributed by atoms with Crippen molar-refractivity contribution in [3.05, 3.63) is 129 Å². The molecule has 16 nitrogen and oxygen atoms in total. The Hall–Kier alpha value is -4.70. The van der Waals surface area contributed by atoms with Gasteiger partial charge in [-0.2, -0.15) is 5.26 Å². The molecule has 5 atom stereocenters. The highest BCUT2D eigenvalue weighted by Crippen LogP contribution is 2.51. The number of thiocarbonyl (C=S) groups is 1. The molecule has 0 bridgehead atoms. The van der Waals surface area contributed by atoms with Crippen LogP contribution < -0.4 is 20.7 Å². The zero-order chi connectivity index (χ0) is 45.3. The molecule has 3 heterocycles. The molecule has 2 unspecified atom stereocenters. The monoisotopic (exact) mass is 923 g/mol. The zero-order valence-corrected chi connectivity index (χ0v) is 38.6. The number of aromatic amines is 1. The van der Waals surface area contributed by atoms with Crippen molar-refractivity contribution >= 4 is 35.8 Å². The number of H-pyrrole nitrogens is 1. The molecule has 19 heteroatoms. The van der Waals surface area contributed by atoms with Crippen LogP contribution >= 0.6 is 20.7 Å². The van der Waals surface area contributed by atoms with Crippen LogP contribution in [-0.2, 0) is 38.7 Å². The molecular formula is C44H54N5O11PS2. The quantitative estimate of drug-likeness (QED) is 0.0569. The highest BCUT2D eigenvalue weighted by atomic mass is 32.2. The smallest absolute Gasteiger partial charge is 0.330 e. The normalized spacial score (nSPS) is 20.4. The second-order valence-electron chi connectivity index (χ2n) is 15.5. The minimum Gasteiger partial charge on any atom is -0.497 e. The first kappa shape index (κ1) is 47.8. The second kappa shape index (κ2) is 21.3. The van der Waals surface area contributed by atoms with Gasteiger partial charge in [-0.3, -0.25) is 14.3 Å². The predicted molar refractivity (Wildman–Crippen MR) is 241 cm³/mol. The molecule has 3 aromatic carbocycles. The Morgan fingerprint density at radius 3 is 2.00 bits per heavy atom. The molecule has 6 rings (SSSR count). The van der Waals surface area contributed by atoms with Crippen molar-refractivity contribution in [3.63, 3.8) is 0 Å². The largest absolute Gasteiger partial charge is 0.497 e. The number of nitriles is 1. The Balaban J connectivity index is 1.51. The van der Waals surface area contributed by atoms with E-state index in [1.165, 1.54) is 16.8 Å². The van der Waals surface area contributed by atoms with Gasteiger partial charge in [0.25, 0.3) is 19.3 Å². The Morgan fingerprint density at radius 2 is 1.48 bits per heavy atom.